The zero-order valence-electron chi connectivity index (χ0n) is 14.2. The van der Waals surface area contributed by atoms with Crippen molar-refractivity contribution in [1.82, 2.24) is 5.32 Å². The number of amides is 1. The number of hydrogen-bond acceptors (Lipinski definition) is 5. The lowest BCUT2D eigenvalue weighted by molar-refractivity contribution is -0.129. The lowest BCUT2D eigenvalue weighted by atomic mass is 10.2. The first-order valence-corrected chi connectivity index (χ1v) is 9.59. The van der Waals surface area contributed by atoms with Crippen LogP contribution in [0.3, 0.4) is 0 Å². The van der Waals surface area contributed by atoms with Gasteiger partial charge in [-0.1, -0.05) is 12.1 Å². The molecular weight excluding hydrogens is 361 g/mol. The summed E-state index contributed by atoms with van der Waals surface area (Å²) in [5, 5.41) is 2.59. The van der Waals surface area contributed by atoms with Gasteiger partial charge in [0.25, 0.3) is 5.91 Å². The van der Waals surface area contributed by atoms with E-state index in [9.17, 15) is 22.4 Å². The lowest BCUT2D eigenvalue weighted by Crippen LogP contribution is -2.35. The van der Waals surface area contributed by atoms with E-state index in [0.29, 0.717) is 5.56 Å². The lowest BCUT2D eigenvalue weighted by Gasteiger charge is -2.13. The quantitative estimate of drug-likeness (QED) is 0.777. The highest BCUT2D eigenvalue weighted by Crippen LogP contribution is 2.12. The number of ether oxygens (including phenoxy) is 1. The average molecular weight is 379 g/mol. The molecule has 2 aromatic rings. The van der Waals surface area contributed by atoms with Crippen LogP contribution in [-0.4, -0.2) is 32.7 Å². The summed E-state index contributed by atoms with van der Waals surface area (Å²) in [6, 6.07) is 10.9. The summed E-state index contributed by atoms with van der Waals surface area (Å²) in [5.74, 6) is -1.62. The molecule has 0 aliphatic rings. The van der Waals surface area contributed by atoms with Gasteiger partial charge in [-0.3, -0.25) is 4.79 Å². The summed E-state index contributed by atoms with van der Waals surface area (Å²) in [6.45, 7) is 1.59. The maximum atomic E-state index is 12.8. The smallest absolute Gasteiger partial charge is 0.338 e. The van der Waals surface area contributed by atoms with Crippen LogP contribution in [0.15, 0.2) is 53.4 Å². The Morgan fingerprint density at radius 2 is 1.65 bits per heavy atom. The zero-order chi connectivity index (χ0) is 19.3. The van der Waals surface area contributed by atoms with Gasteiger partial charge < -0.3 is 10.1 Å². The highest BCUT2D eigenvalue weighted by molar-refractivity contribution is 7.90. The number of rotatable bonds is 6. The van der Waals surface area contributed by atoms with Gasteiger partial charge >= 0.3 is 5.97 Å². The number of carbonyl (C=O) groups excluding carboxylic acids is 2. The topological polar surface area (TPSA) is 89.5 Å². The van der Waals surface area contributed by atoms with Crippen molar-refractivity contribution in [3.8, 4) is 0 Å². The van der Waals surface area contributed by atoms with E-state index < -0.39 is 27.8 Å². The monoisotopic (exact) mass is 379 g/mol. The molecule has 1 amide bonds. The van der Waals surface area contributed by atoms with Crippen molar-refractivity contribution in [1.29, 1.82) is 0 Å². The molecule has 0 saturated heterocycles. The summed E-state index contributed by atoms with van der Waals surface area (Å²) >= 11 is 0. The largest absolute Gasteiger partial charge is 0.449 e. The van der Waals surface area contributed by atoms with E-state index in [2.05, 4.69) is 5.32 Å². The van der Waals surface area contributed by atoms with Crippen LogP contribution in [0.2, 0.25) is 0 Å². The van der Waals surface area contributed by atoms with Gasteiger partial charge in [-0.25, -0.2) is 17.6 Å². The van der Waals surface area contributed by atoms with Gasteiger partial charge in [0.15, 0.2) is 15.9 Å². The summed E-state index contributed by atoms with van der Waals surface area (Å²) in [7, 11) is -3.36. The normalized spacial score (nSPS) is 12.3. The fourth-order valence-electron chi connectivity index (χ4n) is 2.06. The van der Waals surface area contributed by atoms with E-state index in [1.54, 1.807) is 0 Å². The molecule has 0 radical (unpaired) electrons. The van der Waals surface area contributed by atoms with Crippen LogP contribution in [-0.2, 0) is 25.9 Å². The molecule has 0 fully saturated rings. The van der Waals surface area contributed by atoms with Crippen molar-refractivity contribution in [3.63, 3.8) is 0 Å². The van der Waals surface area contributed by atoms with Crippen LogP contribution >= 0.6 is 0 Å². The number of benzene rings is 2. The van der Waals surface area contributed by atoms with E-state index in [0.717, 1.165) is 6.26 Å². The van der Waals surface area contributed by atoms with Gasteiger partial charge in [0.2, 0.25) is 0 Å². The van der Waals surface area contributed by atoms with Crippen molar-refractivity contribution in [2.45, 2.75) is 24.5 Å². The molecule has 0 aromatic heterocycles. The Morgan fingerprint density at radius 1 is 1.08 bits per heavy atom. The minimum Gasteiger partial charge on any atom is -0.449 e. The molecule has 0 heterocycles. The fraction of sp³-hybridized carbons (Fsp3) is 0.222. The van der Waals surface area contributed by atoms with Gasteiger partial charge in [-0.2, -0.15) is 0 Å². The second-order valence-electron chi connectivity index (χ2n) is 5.69. The van der Waals surface area contributed by atoms with E-state index in [-0.39, 0.29) is 22.8 Å². The maximum Gasteiger partial charge on any atom is 0.338 e. The standard InChI is InChI=1S/C18H18FNO5S/c1-12(17(21)20-11-13-3-7-15(19)8-4-13)25-18(22)14-5-9-16(10-6-14)26(2,23)24/h3-10,12H,11H2,1-2H3,(H,20,21)/t12-/m1/s1. The Bertz CT molecular complexity index is 892. The van der Waals surface area contributed by atoms with Crippen LogP contribution in [0.25, 0.3) is 0 Å². The number of sulfone groups is 1. The van der Waals surface area contributed by atoms with E-state index >= 15 is 0 Å². The molecule has 6 nitrogen and oxygen atoms in total. The summed E-state index contributed by atoms with van der Waals surface area (Å²) < 4.78 is 40.7. The molecule has 0 aliphatic carbocycles. The molecule has 1 atom stereocenters. The number of hydrogen-bond donors (Lipinski definition) is 1. The Labute approximate surface area is 150 Å². The number of nitrogens with one attached hydrogen (secondary N) is 1. The van der Waals surface area contributed by atoms with Crippen LogP contribution in [0.5, 0.6) is 0 Å². The highest BCUT2D eigenvalue weighted by Gasteiger charge is 2.19. The van der Waals surface area contributed by atoms with Gasteiger partial charge in [0, 0.05) is 12.8 Å². The second-order valence-corrected chi connectivity index (χ2v) is 7.70. The maximum absolute atomic E-state index is 12.8. The Balaban J connectivity index is 1.91. The third-order valence-corrected chi connectivity index (χ3v) is 4.68. The van der Waals surface area contributed by atoms with Gasteiger partial charge in [-0.15, -0.1) is 0 Å². The summed E-state index contributed by atoms with van der Waals surface area (Å²) in [5.41, 5.74) is 0.838. The van der Waals surface area contributed by atoms with E-state index in [1.165, 1.54) is 55.5 Å². The zero-order valence-corrected chi connectivity index (χ0v) is 15.0. The average Bonchev–Trinajstić information content (AvgIpc) is 2.60. The van der Waals surface area contributed by atoms with Crippen LogP contribution in [0.1, 0.15) is 22.8 Å². The van der Waals surface area contributed by atoms with Crippen molar-refractivity contribution in [2.24, 2.45) is 0 Å². The van der Waals surface area contributed by atoms with Gasteiger partial charge in [0.05, 0.1) is 10.5 Å². The highest BCUT2D eigenvalue weighted by atomic mass is 32.2. The minimum atomic E-state index is -3.36. The SMILES string of the molecule is C[C@@H](OC(=O)c1ccc(S(C)(=O)=O)cc1)C(=O)NCc1ccc(F)cc1. The fourth-order valence-corrected chi connectivity index (χ4v) is 2.69. The minimum absolute atomic E-state index is 0.0825. The number of halogens is 1. The predicted octanol–water partition coefficient (Wildman–Crippen LogP) is 2.09. The Hall–Kier alpha value is -2.74. The summed E-state index contributed by atoms with van der Waals surface area (Å²) in [6.07, 6.45) is 0.0194. The van der Waals surface area contributed by atoms with Crippen LogP contribution < -0.4 is 5.32 Å². The van der Waals surface area contributed by atoms with E-state index in [1.807, 2.05) is 0 Å². The molecule has 26 heavy (non-hydrogen) atoms. The number of esters is 1. The predicted molar refractivity (Wildman–Crippen MR) is 92.7 cm³/mol. The summed E-state index contributed by atoms with van der Waals surface area (Å²) in [4.78, 5) is 24.1. The molecule has 2 aromatic carbocycles. The molecule has 0 saturated carbocycles. The third-order valence-electron chi connectivity index (χ3n) is 3.55. The first-order valence-electron chi connectivity index (χ1n) is 7.70. The first-order chi connectivity index (χ1) is 12.2. The molecule has 8 heteroatoms. The van der Waals surface area contributed by atoms with Crippen molar-refractivity contribution in [2.75, 3.05) is 6.26 Å². The molecule has 0 spiro atoms. The third kappa shape index (κ3) is 5.38. The van der Waals surface area contributed by atoms with E-state index in [4.69, 9.17) is 4.74 Å². The molecular formula is C18H18FNO5S. The Morgan fingerprint density at radius 3 is 2.19 bits per heavy atom. The van der Waals surface area contributed by atoms with Gasteiger partial charge in [-0.05, 0) is 48.9 Å². The van der Waals surface area contributed by atoms with Gasteiger partial charge in [0.1, 0.15) is 5.82 Å². The molecule has 1 N–H and O–H groups in total. The molecule has 2 rings (SSSR count). The van der Waals surface area contributed by atoms with Crippen molar-refractivity contribution in [3.05, 3.63) is 65.5 Å². The van der Waals surface area contributed by atoms with Crippen molar-refractivity contribution >= 4 is 21.7 Å². The second kappa shape index (κ2) is 8.09. The van der Waals surface area contributed by atoms with Crippen LogP contribution in [0.4, 0.5) is 4.39 Å². The number of carbonyl (C=O) groups is 2. The Kier molecular flexibility index (Phi) is 6.10. The van der Waals surface area contributed by atoms with Crippen LogP contribution in [0, 0.1) is 5.82 Å². The van der Waals surface area contributed by atoms with Crippen molar-refractivity contribution < 1.29 is 27.1 Å². The first kappa shape index (κ1) is 19.6. The molecule has 0 unspecified atom stereocenters. The molecule has 138 valence electrons. The molecule has 0 aliphatic heterocycles. The molecule has 0 bridgehead atoms.